The number of hydrogen-bond acceptors (Lipinski definition) is 4. The summed E-state index contributed by atoms with van der Waals surface area (Å²) in [7, 11) is 1.80. The number of benzene rings is 2. The van der Waals surface area contributed by atoms with E-state index in [-0.39, 0.29) is 24.0 Å². The van der Waals surface area contributed by atoms with E-state index in [4.69, 9.17) is 0 Å². The van der Waals surface area contributed by atoms with Gasteiger partial charge in [-0.15, -0.1) is 24.0 Å². The third kappa shape index (κ3) is 7.03. The second-order valence-electron chi connectivity index (χ2n) is 6.96. The molecule has 166 valence electrons. The number of halogens is 1. The minimum Gasteiger partial charge on any atom is -0.354 e. The smallest absolute Gasteiger partial charge is 0.191 e. The molecule has 7 nitrogen and oxygen atoms in total. The van der Waals surface area contributed by atoms with Crippen molar-refractivity contribution in [3.63, 3.8) is 0 Å². The van der Waals surface area contributed by atoms with Gasteiger partial charge in [-0.05, 0) is 36.3 Å². The molecule has 0 radical (unpaired) electrons. The SMILES string of the molecule is CCN(CC)C(CNC(=NC)NCc1ccc(-n2cncn2)cc1)c1ccccc1.I. The summed E-state index contributed by atoms with van der Waals surface area (Å²) < 4.78 is 1.74. The number of hydrogen-bond donors (Lipinski definition) is 2. The number of aromatic nitrogens is 3. The summed E-state index contributed by atoms with van der Waals surface area (Å²) >= 11 is 0. The van der Waals surface area contributed by atoms with Crippen LogP contribution in [0, 0.1) is 0 Å². The molecule has 8 heteroatoms. The lowest BCUT2D eigenvalue weighted by Gasteiger charge is -2.30. The third-order valence-corrected chi connectivity index (χ3v) is 5.20. The Hall–Kier alpha value is -2.46. The standard InChI is InChI=1S/C23H31N7.HI/c1-4-29(5-2)22(20-9-7-6-8-10-20)16-27-23(24-3)26-15-19-11-13-21(14-12-19)30-18-25-17-28-30;/h6-14,17-18,22H,4-5,15-16H2,1-3H3,(H2,24,26,27);1H. The highest BCUT2D eigenvalue weighted by atomic mass is 127. The number of nitrogens with one attached hydrogen (secondary N) is 2. The summed E-state index contributed by atoms with van der Waals surface area (Å²) in [5, 5.41) is 11.1. The van der Waals surface area contributed by atoms with Crippen LogP contribution in [0.15, 0.2) is 72.2 Å². The molecule has 3 rings (SSSR count). The van der Waals surface area contributed by atoms with Crippen LogP contribution in [0.25, 0.3) is 5.69 Å². The lowest BCUT2D eigenvalue weighted by molar-refractivity contribution is 0.219. The van der Waals surface area contributed by atoms with E-state index in [1.807, 2.05) is 12.1 Å². The summed E-state index contributed by atoms with van der Waals surface area (Å²) in [5.41, 5.74) is 3.47. The molecular formula is C23H32IN7. The molecular weight excluding hydrogens is 501 g/mol. The van der Waals surface area contributed by atoms with Crippen LogP contribution >= 0.6 is 24.0 Å². The van der Waals surface area contributed by atoms with Crippen molar-refractivity contribution in [3.8, 4) is 5.69 Å². The van der Waals surface area contributed by atoms with Gasteiger partial charge in [-0.25, -0.2) is 9.67 Å². The summed E-state index contributed by atoms with van der Waals surface area (Å²) in [4.78, 5) is 10.8. The fraction of sp³-hybridized carbons (Fsp3) is 0.348. The van der Waals surface area contributed by atoms with E-state index in [1.165, 1.54) is 17.5 Å². The first-order chi connectivity index (χ1) is 14.7. The summed E-state index contributed by atoms with van der Waals surface area (Å²) in [6, 6.07) is 19.2. The van der Waals surface area contributed by atoms with Crippen LogP contribution < -0.4 is 10.6 Å². The molecule has 0 saturated heterocycles. The molecule has 1 aromatic heterocycles. The van der Waals surface area contributed by atoms with Gasteiger partial charge in [0.25, 0.3) is 0 Å². The van der Waals surface area contributed by atoms with Crippen LogP contribution in [0.4, 0.5) is 0 Å². The summed E-state index contributed by atoms with van der Waals surface area (Å²) in [6.07, 6.45) is 3.23. The minimum atomic E-state index is 0. The molecule has 31 heavy (non-hydrogen) atoms. The maximum atomic E-state index is 4.39. The highest BCUT2D eigenvalue weighted by molar-refractivity contribution is 14.0. The van der Waals surface area contributed by atoms with E-state index in [0.29, 0.717) is 12.6 Å². The highest BCUT2D eigenvalue weighted by Gasteiger charge is 2.18. The number of aliphatic imine (C=N–C) groups is 1. The van der Waals surface area contributed by atoms with Crippen molar-refractivity contribution < 1.29 is 0 Å². The van der Waals surface area contributed by atoms with Crippen LogP contribution in [0.2, 0.25) is 0 Å². The van der Waals surface area contributed by atoms with Gasteiger partial charge in [0.2, 0.25) is 0 Å². The van der Waals surface area contributed by atoms with Gasteiger partial charge in [0, 0.05) is 20.1 Å². The maximum absolute atomic E-state index is 4.39. The van der Waals surface area contributed by atoms with Gasteiger partial charge < -0.3 is 10.6 Å². The lowest BCUT2D eigenvalue weighted by atomic mass is 10.1. The first kappa shape index (κ1) is 24.8. The Morgan fingerprint density at radius 2 is 1.74 bits per heavy atom. The highest BCUT2D eigenvalue weighted by Crippen LogP contribution is 2.19. The van der Waals surface area contributed by atoms with Gasteiger partial charge in [0.15, 0.2) is 5.96 Å². The van der Waals surface area contributed by atoms with Gasteiger partial charge in [-0.1, -0.05) is 56.3 Å². The molecule has 1 heterocycles. The average Bonchev–Trinajstić information content (AvgIpc) is 3.34. The summed E-state index contributed by atoms with van der Waals surface area (Å²) in [6.45, 7) is 7.89. The molecule has 1 atom stereocenters. The maximum Gasteiger partial charge on any atom is 0.191 e. The quantitative estimate of drug-likeness (QED) is 0.250. The van der Waals surface area contributed by atoms with Gasteiger partial charge >= 0.3 is 0 Å². The molecule has 0 aliphatic heterocycles. The molecule has 3 aromatic rings. The largest absolute Gasteiger partial charge is 0.354 e. The van der Waals surface area contributed by atoms with Gasteiger partial charge in [0.05, 0.1) is 11.7 Å². The first-order valence-electron chi connectivity index (χ1n) is 10.4. The zero-order chi connectivity index (χ0) is 21.2. The van der Waals surface area contributed by atoms with E-state index in [0.717, 1.165) is 31.3 Å². The second-order valence-corrected chi connectivity index (χ2v) is 6.96. The molecule has 0 aliphatic rings. The fourth-order valence-corrected chi connectivity index (χ4v) is 3.51. The predicted molar refractivity (Wildman–Crippen MR) is 137 cm³/mol. The average molecular weight is 533 g/mol. The fourth-order valence-electron chi connectivity index (χ4n) is 3.51. The van der Waals surface area contributed by atoms with E-state index in [2.05, 4.69) is 86.9 Å². The molecule has 0 fully saturated rings. The van der Waals surface area contributed by atoms with Gasteiger partial charge in [0.1, 0.15) is 12.7 Å². The molecule has 1 unspecified atom stereocenters. The lowest BCUT2D eigenvalue weighted by Crippen LogP contribution is -2.43. The van der Waals surface area contributed by atoms with Gasteiger partial charge in [-0.2, -0.15) is 5.10 Å². The zero-order valence-corrected chi connectivity index (χ0v) is 20.7. The van der Waals surface area contributed by atoms with Crippen LogP contribution in [-0.2, 0) is 6.54 Å². The second kappa shape index (κ2) is 13.1. The monoisotopic (exact) mass is 533 g/mol. The van der Waals surface area contributed by atoms with E-state index < -0.39 is 0 Å². The van der Waals surface area contributed by atoms with Crippen molar-refractivity contribution in [1.29, 1.82) is 0 Å². The van der Waals surface area contributed by atoms with Crippen LogP contribution in [0.3, 0.4) is 0 Å². The van der Waals surface area contributed by atoms with E-state index in [9.17, 15) is 0 Å². The number of likely N-dealkylation sites (N-methyl/N-ethyl adjacent to an activating group) is 1. The van der Waals surface area contributed by atoms with Crippen LogP contribution in [0.1, 0.15) is 31.0 Å². The summed E-state index contributed by atoms with van der Waals surface area (Å²) in [5.74, 6) is 0.795. The van der Waals surface area contributed by atoms with E-state index >= 15 is 0 Å². The van der Waals surface area contributed by atoms with Crippen molar-refractivity contribution in [2.75, 3.05) is 26.7 Å². The topological polar surface area (TPSA) is 70.4 Å². The Morgan fingerprint density at radius 1 is 1.03 bits per heavy atom. The predicted octanol–water partition coefficient (Wildman–Crippen LogP) is 3.63. The van der Waals surface area contributed by atoms with Crippen molar-refractivity contribution >= 4 is 29.9 Å². The van der Waals surface area contributed by atoms with Crippen molar-refractivity contribution in [1.82, 2.24) is 30.3 Å². The molecule has 0 amide bonds. The number of guanidine groups is 1. The Bertz CT molecular complexity index is 891. The molecule has 0 saturated carbocycles. The Morgan fingerprint density at radius 3 is 2.32 bits per heavy atom. The third-order valence-electron chi connectivity index (χ3n) is 5.20. The van der Waals surface area contributed by atoms with Crippen molar-refractivity contribution in [3.05, 3.63) is 78.4 Å². The molecule has 2 N–H and O–H groups in total. The Labute approximate surface area is 202 Å². The van der Waals surface area contributed by atoms with Gasteiger partial charge in [-0.3, -0.25) is 9.89 Å². The zero-order valence-electron chi connectivity index (χ0n) is 18.4. The van der Waals surface area contributed by atoms with Crippen molar-refractivity contribution in [2.24, 2.45) is 4.99 Å². The normalized spacial score (nSPS) is 12.3. The molecule has 0 aliphatic carbocycles. The molecule has 2 aromatic carbocycles. The first-order valence-corrected chi connectivity index (χ1v) is 10.4. The molecule has 0 spiro atoms. The van der Waals surface area contributed by atoms with Crippen LogP contribution in [0.5, 0.6) is 0 Å². The Kier molecular flexibility index (Phi) is 10.5. The number of nitrogens with zero attached hydrogens (tertiary/aromatic N) is 5. The Balaban J connectivity index is 0.00000341. The number of rotatable bonds is 9. The van der Waals surface area contributed by atoms with Crippen LogP contribution in [-0.4, -0.2) is 52.3 Å². The van der Waals surface area contributed by atoms with E-state index in [1.54, 1.807) is 18.1 Å². The minimum absolute atomic E-state index is 0. The van der Waals surface area contributed by atoms with Crippen molar-refractivity contribution in [2.45, 2.75) is 26.4 Å². The molecule has 0 bridgehead atoms.